The smallest absolute Gasteiger partial charge is 0.264 e. The minimum absolute atomic E-state index is 0.0334. The van der Waals surface area contributed by atoms with Gasteiger partial charge in [-0.1, -0.05) is 66.9 Å². The Kier molecular flexibility index (Phi) is 9.01. The summed E-state index contributed by atoms with van der Waals surface area (Å²) >= 11 is 0. The molecule has 1 aliphatic carbocycles. The van der Waals surface area contributed by atoms with Crippen molar-refractivity contribution in [2.45, 2.75) is 63.1 Å². The third-order valence-corrected chi connectivity index (χ3v) is 8.89. The zero-order chi connectivity index (χ0) is 28.0. The molecule has 1 atom stereocenters. The van der Waals surface area contributed by atoms with Gasteiger partial charge in [0.25, 0.3) is 10.0 Å². The van der Waals surface area contributed by atoms with Crippen molar-refractivity contribution in [2.75, 3.05) is 10.8 Å². The lowest BCUT2D eigenvalue weighted by atomic mass is 10.1. The van der Waals surface area contributed by atoms with Gasteiger partial charge in [-0.3, -0.25) is 13.9 Å². The second-order valence-electron chi connectivity index (χ2n) is 9.94. The predicted octanol–water partition coefficient (Wildman–Crippen LogP) is 4.81. The number of halogens is 1. The first kappa shape index (κ1) is 28.3. The molecule has 0 unspecified atom stereocenters. The molecule has 1 saturated carbocycles. The van der Waals surface area contributed by atoms with Crippen LogP contribution in [0.1, 0.15) is 43.7 Å². The third-order valence-electron chi connectivity index (χ3n) is 7.10. The number of anilines is 1. The molecule has 0 aromatic heterocycles. The molecule has 0 saturated heterocycles. The second kappa shape index (κ2) is 12.4. The van der Waals surface area contributed by atoms with E-state index in [0.717, 1.165) is 35.6 Å². The Labute approximate surface area is 229 Å². The van der Waals surface area contributed by atoms with E-state index in [0.29, 0.717) is 5.69 Å². The molecule has 206 valence electrons. The number of carbonyl (C=O) groups excluding carboxylic acids is 2. The topological polar surface area (TPSA) is 86.8 Å². The average molecular weight is 552 g/mol. The quantitative estimate of drug-likeness (QED) is 0.392. The monoisotopic (exact) mass is 551 g/mol. The number of hydrogen-bond acceptors (Lipinski definition) is 4. The Morgan fingerprint density at radius 1 is 0.949 bits per heavy atom. The van der Waals surface area contributed by atoms with Gasteiger partial charge in [-0.15, -0.1) is 0 Å². The van der Waals surface area contributed by atoms with Crippen LogP contribution in [0, 0.1) is 12.7 Å². The van der Waals surface area contributed by atoms with E-state index in [1.807, 2.05) is 6.92 Å². The van der Waals surface area contributed by atoms with Crippen molar-refractivity contribution in [1.82, 2.24) is 10.2 Å². The Morgan fingerprint density at radius 3 is 2.21 bits per heavy atom. The highest BCUT2D eigenvalue weighted by molar-refractivity contribution is 7.92. The second-order valence-corrected chi connectivity index (χ2v) is 11.8. The van der Waals surface area contributed by atoms with Crippen LogP contribution in [0.25, 0.3) is 0 Å². The summed E-state index contributed by atoms with van der Waals surface area (Å²) in [5, 5.41) is 3.00. The molecular weight excluding hydrogens is 517 g/mol. The van der Waals surface area contributed by atoms with Crippen LogP contribution in [-0.2, 0) is 26.2 Å². The minimum atomic E-state index is -4.13. The van der Waals surface area contributed by atoms with E-state index >= 15 is 0 Å². The van der Waals surface area contributed by atoms with Gasteiger partial charge in [0.05, 0.1) is 10.6 Å². The lowest BCUT2D eigenvalue weighted by molar-refractivity contribution is -0.139. The molecule has 0 radical (unpaired) electrons. The van der Waals surface area contributed by atoms with Crippen LogP contribution in [0.3, 0.4) is 0 Å². The number of rotatable bonds is 10. The molecule has 0 spiro atoms. The highest BCUT2D eigenvalue weighted by Crippen LogP contribution is 2.25. The molecule has 7 nitrogen and oxygen atoms in total. The predicted molar refractivity (Wildman–Crippen MR) is 149 cm³/mol. The average Bonchev–Trinajstić information content (AvgIpc) is 3.45. The minimum Gasteiger partial charge on any atom is -0.352 e. The van der Waals surface area contributed by atoms with Crippen molar-refractivity contribution in [2.24, 2.45) is 0 Å². The van der Waals surface area contributed by atoms with Gasteiger partial charge >= 0.3 is 0 Å². The highest BCUT2D eigenvalue weighted by Gasteiger charge is 2.33. The molecule has 1 N–H and O–H groups in total. The number of aryl methyl sites for hydroxylation is 1. The Hall–Kier alpha value is -3.72. The van der Waals surface area contributed by atoms with Crippen molar-refractivity contribution >= 4 is 27.5 Å². The fraction of sp³-hybridized carbons (Fsp3) is 0.333. The van der Waals surface area contributed by atoms with Gasteiger partial charge in [0, 0.05) is 18.2 Å². The van der Waals surface area contributed by atoms with E-state index in [9.17, 15) is 22.4 Å². The Morgan fingerprint density at radius 2 is 1.56 bits per heavy atom. The first-order valence-corrected chi connectivity index (χ1v) is 14.6. The van der Waals surface area contributed by atoms with Crippen LogP contribution in [0.2, 0.25) is 0 Å². The Balaban J connectivity index is 1.68. The van der Waals surface area contributed by atoms with Crippen LogP contribution in [-0.4, -0.2) is 43.8 Å². The fourth-order valence-corrected chi connectivity index (χ4v) is 6.18. The first-order valence-electron chi connectivity index (χ1n) is 13.1. The van der Waals surface area contributed by atoms with E-state index < -0.39 is 34.3 Å². The van der Waals surface area contributed by atoms with Crippen molar-refractivity contribution in [3.05, 3.63) is 95.8 Å². The van der Waals surface area contributed by atoms with Crippen molar-refractivity contribution in [3.8, 4) is 0 Å². The van der Waals surface area contributed by atoms with E-state index in [1.54, 1.807) is 67.6 Å². The Bertz CT molecular complexity index is 1390. The molecule has 0 aliphatic heterocycles. The van der Waals surface area contributed by atoms with E-state index in [4.69, 9.17) is 0 Å². The molecule has 1 fully saturated rings. The molecule has 2 amide bonds. The molecule has 3 aromatic carbocycles. The summed E-state index contributed by atoms with van der Waals surface area (Å²) in [6.07, 6.45) is 3.80. The van der Waals surface area contributed by atoms with Crippen LogP contribution >= 0.6 is 0 Å². The van der Waals surface area contributed by atoms with Crippen LogP contribution in [0.15, 0.2) is 83.8 Å². The van der Waals surface area contributed by atoms with Gasteiger partial charge < -0.3 is 10.2 Å². The van der Waals surface area contributed by atoms with Gasteiger partial charge in [-0.05, 0) is 57.0 Å². The van der Waals surface area contributed by atoms with Crippen LogP contribution in [0.5, 0.6) is 0 Å². The molecule has 1 aliphatic rings. The zero-order valence-electron chi connectivity index (χ0n) is 22.2. The lowest BCUT2D eigenvalue weighted by Gasteiger charge is -2.32. The van der Waals surface area contributed by atoms with E-state index in [1.165, 1.54) is 23.1 Å². The maximum atomic E-state index is 14.6. The maximum Gasteiger partial charge on any atom is 0.264 e. The molecule has 4 rings (SSSR count). The van der Waals surface area contributed by atoms with Crippen molar-refractivity contribution in [1.29, 1.82) is 0 Å². The SMILES string of the molecule is Cc1ccc(N(CC(=O)N(Cc2ccccc2F)[C@H](C)C(=O)NC2CCCC2)S(=O)(=O)c2ccccc2)cc1. The number of amides is 2. The molecule has 0 bridgehead atoms. The highest BCUT2D eigenvalue weighted by atomic mass is 32.2. The summed E-state index contributed by atoms with van der Waals surface area (Å²) in [6.45, 7) is 2.73. The summed E-state index contributed by atoms with van der Waals surface area (Å²) < 4.78 is 43.2. The van der Waals surface area contributed by atoms with Gasteiger partial charge in [0.2, 0.25) is 11.8 Å². The van der Waals surface area contributed by atoms with Crippen molar-refractivity contribution < 1.29 is 22.4 Å². The summed E-state index contributed by atoms with van der Waals surface area (Å²) in [5.41, 5.74) is 1.48. The lowest BCUT2D eigenvalue weighted by Crippen LogP contribution is -2.52. The summed E-state index contributed by atoms with van der Waals surface area (Å²) in [5.74, 6) is -1.47. The third kappa shape index (κ3) is 6.84. The molecule has 9 heteroatoms. The van der Waals surface area contributed by atoms with Gasteiger partial charge in [-0.25, -0.2) is 12.8 Å². The zero-order valence-corrected chi connectivity index (χ0v) is 23.0. The number of nitrogens with one attached hydrogen (secondary N) is 1. The first-order chi connectivity index (χ1) is 18.7. The normalized spacial score (nSPS) is 14.5. The molecule has 3 aromatic rings. The van der Waals surface area contributed by atoms with Crippen LogP contribution in [0.4, 0.5) is 10.1 Å². The van der Waals surface area contributed by atoms with Crippen LogP contribution < -0.4 is 9.62 Å². The van der Waals surface area contributed by atoms with Crippen molar-refractivity contribution in [3.63, 3.8) is 0 Å². The van der Waals surface area contributed by atoms with Gasteiger partial charge in [0.15, 0.2) is 0 Å². The molecular formula is C30H34FN3O4S. The summed E-state index contributed by atoms with van der Waals surface area (Å²) in [4.78, 5) is 28.4. The van der Waals surface area contributed by atoms with Gasteiger partial charge in [0.1, 0.15) is 18.4 Å². The summed E-state index contributed by atoms with van der Waals surface area (Å²) in [7, 11) is -4.13. The maximum absolute atomic E-state index is 14.6. The number of sulfonamides is 1. The standard InChI is InChI=1S/C30H34FN3O4S/c1-22-16-18-26(19-17-22)34(39(37,38)27-13-4-3-5-14-27)21-29(35)33(20-24-10-6-9-15-28(24)31)23(2)30(36)32-25-11-7-8-12-25/h3-6,9-10,13-19,23,25H,7-8,11-12,20-21H2,1-2H3,(H,32,36)/t23-/m1/s1. The largest absolute Gasteiger partial charge is 0.352 e. The number of carbonyl (C=O) groups is 2. The number of hydrogen-bond donors (Lipinski definition) is 1. The fourth-order valence-electron chi connectivity index (χ4n) is 4.74. The van der Waals surface area contributed by atoms with E-state index in [2.05, 4.69) is 5.32 Å². The number of benzene rings is 3. The van der Waals surface area contributed by atoms with Gasteiger partial charge in [-0.2, -0.15) is 0 Å². The molecule has 39 heavy (non-hydrogen) atoms. The summed E-state index contributed by atoms with van der Waals surface area (Å²) in [6, 6.07) is 19.8. The molecule has 0 heterocycles. The van der Waals surface area contributed by atoms with E-state index in [-0.39, 0.29) is 29.0 Å². The number of nitrogens with zero attached hydrogens (tertiary/aromatic N) is 2.